The van der Waals surface area contributed by atoms with Gasteiger partial charge in [-0.05, 0) is 80.9 Å². The van der Waals surface area contributed by atoms with Crippen molar-refractivity contribution in [1.82, 2.24) is 24.4 Å². The standard InChI is InChI=1S/C26H28N6O4/c1-31(2)14-20(33)15-36-21-10-7-18(8-11-21)28-26-27-13-22-23(30-26)32(25(35)24(34)29-22)19-9-6-16-4-3-5-17(16)12-19/h6-13,20,33H,3-5,14-15H2,1-2H3,(H,29,34)(H,27,28,30)/t20-/m0/s1. The summed E-state index contributed by atoms with van der Waals surface area (Å²) >= 11 is 0. The lowest BCUT2D eigenvalue weighted by Crippen LogP contribution is -2.36. The lowest BCUT2D eigenvalue weighted by atomic mass is 10.1. The Labute approximate surface area is 207 Å². The minimum atomic E-state index is -0.724. The second-order valence-electron chi connectivity index (χ2n) is 9.21. The molecule has 186 valence electrons. The van der Waals surface area contributed by atoms with E-state index in [1.807, 2.05) is 49.3 Å². The lowest BCUT2D eigenvalue weighted by molar-refractivity contribution is 0.0831. The predicted octanol–water partition coefficient (Wildman–Crippen LogP) is 2.00. The SMILES string of the molecule is CN(C)C[C@H](O)COc1ccc(Nc2ncc3[nH]c(=O)c(=O)n(-c4ccc5c(c4)CCC5)c3n2)cc1. The molecular weight excluding hydrogens is 460 g/mol. The number of benzene rings is 2. The number of ether oxygens (including phenoxy) is 1. The molecule has 0 saturated heterocycles. The third-order valence-corrected chi connectivity index (χ3v) is 6.09. The number of hydrogen-bond donors (Lipinski definition) is 3. The maximum absolute atomic E-state index is 12.9. The maximum atomic E-state index is 12.9. The first-order valence-corrected chi connectivity index (χ1v) is 11.8. The number of anilines is 2. The minimum absolute atomic E-state index is 0.192. The Balaban J connectivity index is 1.41. The first kappa shape index (κ1) is 23.7. The molecule has 0 saturated carbocycles. The van der Waals surface area contributed by atoms with Crippen molar-refractivity contribution < 1.29 is 9.84 Å². The third kappa shape index (κ3) is 5.00. The van der Waals surface area contributed by atoms with E-state index in [9.17, 15) is 14.7 Å². The number of fused-ring (bicyclic) bond motifs is 2. The van der Waals surface area contributed by atoms with Crippen molar-refractivity contribution in [1.29, 1.82) is 0 Å². The topological polar surface area (TPSA) is 125 Å². The van der Waals surface area contributed by atoms with E-state index in [-0.39, 0.29) is 12.6 Å². The summed E-state index contributed by atoms with van der Waals surface area (Å²) in [5.41, 5.74) is 3.05. The molecule has 0 amide bonds. The first-order chi connectivity index (χ1) is 17.4. The number of rotatable bonds is 8. The molecule has 10 heteroatoms. The van der Waals surface area contributed by atoms with E-state index in [4.69, 9.17) is 4.74 Å². The molecule has 36 heavy (non-hydrogen) atoms. The predicted molar refractivity (Wildman–Crippen MR) is 138 cm³/mol. The van der Waals surface area contributed by atoms with Gasteiger partial charge in [0, 0.05) is 12.2 Å². The van der Waals surface area contributed by atoms with E-state index in [1.165, 1.54) is 21.9 Å². The number of aliphatic hydroxyl groups is 1. The quantitative estimate of drug-likeness (QED) is 0.322. The van der Waals surface area contributed by atoms with E-state index in [0.717, 1.165) is 19.3 Å². The van der Waals surface area contributed by atoms with Crippen LogP contribution in [-0.2, 0) is 12.8 Å². The average Bonchev–Trinajstić information content (AvgIpc) is 3.32. The summed E-state index contributed by atoms with van der Waals surface area (Å²) in [4.78, 5) is 38.5. The monoisotopic (exact) mass is 488 g/mol. The molecule has 4 aromatic rings. The zero-order chi connectivity index (χ0) is 25.2. The molecule has 0 fully saturated rings. The van der Waals surface area contributed by atoms with Gasteiger partial charge in [0.1, 0.15) is 24.0 Å². The number of hydrogen-bond acceptors (Lipinski definition) is 8. The molecule has 2 aromatic heterocycles. The summed E-state index contributed by atoms with van der Waals surface area (Å²) in [5, 5.41) is 13.1. The fourth-order valence-electron chi connectivity index (χ4n) is 4.43. The smallest absolute Gasteiger partial charge is 0.322 e. The van der Waals surface area contributed by atoms with Crippen LogP contribution < -0.4 is 21.2 Å². The van der Waals surface area contributed by atoms with Gasteiger partial charge in [0.2, 0.25) is 5.95 Å². The van der Waals surface area contributed by atoms with Crippen molar-refractivity contribution in [3.05, 3.63) is 80.5 Å². The Bertz CT molecular complexity index is 1510. The molecule has 10 nitrogen and oxygen atoms in total. The van der Waals surface area contributed by atoms with Crippen LogP contribution in [0.4, 0.5) is 11.6 Å². The van der Waals surface area contributed by atoms with E-state index in [0.29, 0.717) is 34.8 Å². The van der Waals surface area contributed by atoms with Crippen molar-refractivity contribution in [2.75, 3.05) is 32.6 Å². The zero-order valence-electron chi connectivity index (χ0n) is 20.2. The van der Waals surface area contributed by atoms with Gasteiger partial charge in [0.15, 0.2) is 5.65 Å². The third-order valence-electron chi connectivity index (χ3n) is 6.09. The van der Waals surface area contributed by atoms with Crippen molar-refractivity contribution in [2.45, 2.75) is 25.4 Å². The van der Waals surface area contributed by atoms with Crippen LogP contribution in [0.2, 0.25) is 0 Å². The van der Waals surface area contributed by atoms with Crippen LogP contribution >= 0.6 is 0 Å². The summed E-state index contributed by atoms with van der Waals surface area (Å²) in [6.07, 6.45) is 3.96. The van der Waals surface area contributed by atoms with Crippen molar-refractivity contribution in [3.8, 4) is 11.4 Å². The highest BCUT2D eigenvalue weighted by Gasteiger charge is 2.16. The molecule has 0 unspecified atom stereocenters. The number of aryl methyl sites for hydroxylation is 2. The van der Waals surface area contributed by atoms with E-state index >= 15 is 0 Å². The van der Waals surface area contributed by atoms with E-state index in [2.05, 4.69) is 20.3 Å². The number of nitrogens with one attached hydrogen (secondary N) is 2. The van der Waals surface area contributed by atoms with Crippen LogP contribution in [-0.4, -0.2) is 62.9 Å². The molecule has 1 aliphatic carbocycles. The Morgan fingerprint density at radius 3 is 2.69 bits per heavy atom. The molecule has 2 aromatic carbocycles. The number of aromatic amines is 1. The zero-order valence-corrected chi connectivity index (χ0v) is 20.2. The van der Waals surface area contributed by atoms with Crippen LogP contribution in [0.3, 0.4) is 0 Å². The molecular formula is C26H28N6O4. The van der Waals surface area contributed by atoms with Gasteiger partial charge in [-0.2, -0.15) is 4.98 Å². The summed E-state index contributed by atoms with van der Waals surface area (Å²) in [6, 6.07) is 13.0. The molecule has 3 N–H and O–H groups in total. The normalized spacial score (nSPS) is 13.7. The van der Waals surface area contributed by atoms with Crippen LogP contribution in [0.5, 0.6) is 5.75 Å². The van der Waals surface area contributed by atoms with Gasteiger partial charge < -0.3 is 25.0 Å². The Hall–Kier alpha value is -4.02. The van der Waals surface area contributed by atoms with E-state index < -0.39 is 17.2 Å². The molecule has 5 rings (SSSR count). The minimum Gasteiger partial charge on any atom is -0.491 e. The van der Waals surface area contributed by atoms with Gasteiger partial charge in [-0.15, -0.1) is 0 Å². The molecule has 0 bridgehead atoms. The van der Waals surface area contributed by atoms with Crippen LogP contribution in [0, 0.1) is 0 Å². The molecule has 1 atom stereocenters. The summed E-state index contributed by atoms with van der Waals surface area (Å²) in [5.74, 6) is 0.903. The van der Waals surface area contributed by atoms with Crippen LogP contribution in [0.25, 0.3) is 16.9 Å². The fraction of sp³-hybridized carbons (Fsp3) is 0.308. The summed E-state index contributed by atoms with van der Waals surface area (Å²) in [7, 11) is 3.78. The number of aromatic nitrogens is 4. The molecule has 0 spiro atoms. The molecule has 0 radical (unpaired) electrons. The van der Waals surface area contributed by atoms with Crippen molar-refractivity contribution >= 4 is 22.8 Å². The molecule has 2 heterocycles. The van der Waals surface area contributed by atoms with E-state index in [1.54, 1.807) is 12.1 Å². The van der Waals surface area contributed by atoms with Crippen LogP contribution in [0.15, 0.2) is 58.3 Å². The van der Waals surface area contributed by atoms with Gasteiger partial charge >= 0.3 is 11.1 Å². The second-order valence-corrected chi connectivity index (χ2v) is 9.21. The largest absolute Gasteiger partial charge is 0.491 e. The number of likely N-dealkylation sites (N-methyl/N-ethyl adjacent to an activating group) is 1. The van der Waals surface area contributed by atoms with Gasteiger partial charge in [-0.3, -0.25) is 14.2 Å². The highest BCUT2D eigenvalue weighted by Crippen LogP contribution is 2.25. The molecule has 0 aliphatic heterocycles. The molecule has 1 aliphatic rings. The highest BCUT2D eigenvalue weighted by atomic mass is 16.5. The van der Waals surface area contributed by atoms with Crippen LogP contribution in [0.1, 0.15) is 17.5 Å². The highest BCUT2D eigenvalue weighted by molar-refractivity contribution is 5.73. The Kier molecular flexibility index (Phi) is 6.53. The Morgan fingerprint density at radius 1 is 1.14 bits per heavy atom. The van der Waals surface area contributed by atoms with Crippen molar-refractivity contribution in [3.63, 3.8) is 0 Å². The second kappa shape index (κ2) is 9.92. The maximum Gasteiger partial charge on any atom is 0.322 e. The van der Waals surface area contributed by atoms with Gasteiger partial charge in [0.25, 0.3) is 0 Å². The lowest BCUT2D eigenvalue weighted by Gasteiger charge is -2.16. The number of aliphatic hydroxyl groups excluding tert-OH is 1. The summed E-state index contributed by atoms with van der Waals surface area (Å²) in [6.45, 7) is 0.706. The number of H-pyrrole nitrogens is 1. The van der Waals surface area contributed by atoms with Gasteiger partial charge in [0.05, 0.1) is 11.9 Å². The van der Waals surface area contributed by atoms with Crippen molar-refractivity contribution in [2.24, 2.45) is 0 Å². The average molecular weight is 489 g/mol. The first-order valence-electron chi connectivity index (χ1n) is 11.8. The van der Waals surface area contributed by atoms with Gasteiger partial charge in [-0.25, -0.2) is 4.98 Å². The Morgan fingerprint density at radius 2 is 1.92 bits per heavy atom. The fourth-order valence-corrected chi connectivity index (χ4v) is 4.43. The summed E-state index contributed by atoms with van der Waals surface area (Å²) < 4.78 is 6.99. The van der Waals surface area contributed by atoms with Gasteiger partial charge in [-0.1, -0.05) is 6.07 Å². The number of nitrogens with zero attached hydrogens (tertiary/aromatic N) is 4.